The number of ether oxygens (including phenoxy) is 4. The van der Waals surface area contributed by atoms with E-state index in [0.717, 1.165) is 102 Å². The highest BCUT2D eigenvalue weighted by Crippen LogP contribution is 2.45. The number of rotatable bonds is 85. The molecular formula is C86H168O17P2. The zero-order valence-electron chi connectivity index (χ0n) is 69.0. The lowest BCUT2D eigenvalue weighted by Gasteiger charge is -2.21. The van der Waals surface area contributed by atoms with Crippen molar-refractivity contribution in [1.82, 2.24) is 0 Å². The van der Waals surface area contributed by atoms with Crippen molar-refractivity contribution in [2.24, 2.45) is 11.8 Å². The number of carbonyl (C=O) groups is 4. The van der Waals surface area contributed by atoms with E-state index in [4.69, 9.17) is 37.0 Å². The molecule has 17 nitrogen and oxygen atoms in total. The smallest absolute Gasteiger partial charge is 0.462 e. The van der Waals surface area contributed by atoms with Crippen molar-refractivity contribution < 1.29 is 80.2 Å². The molecular weight excluding hydrogens is 1370 g/mol. The first-order chi connectivity index (χ1) is 50.9. The van der Waals surface area contributed by atoms with Crippen molar-refractivity contribution >= 4 is 39.5 Å². The second kappa shape index (κ2) is 77.4. The number of phosphoric acid groups is 2. The molecule has 105 heavy (non-hydrogen) atoms. The Labute approximate surface area is 645 Å². The van der Waals surface area contributed by atoms with Gasteiger partial charge in [-0.05, 0) is 37.5 Å². The van der Waals surface area contributed by atoms with E-state index in [1.54, 1.807) is 0 Å². The quantitative estimate of drug-likeness (QED) is 0.0222. The van der Waals surface area contributed by atoms with Crippen molar-refractivity contribution in [3.05, 3.63) is 0 Å². The van der Waals surface area contributed by atoms with Gasteiger partial charge in [0.05, 0.1) is 26.4 Å². The van der Waals surface area contributed by atoms with E-state index in [1.165, 1.54) is 276 Å². The summed E-state index contributed by atoms with van der Waals surface area (Å²) in [5, 5.41) is 10.7. The number of aliphatic hydroxyl groups is 1. The third-order valence-electron chi connectivity index (χ3n) is 20.9. The molecule has 0 aliphatic carbocycles. The van der Waals surface area contributed by atoms with Crippen LogP contribution >= 0.6 is 15.6 Å². The van der Waals surface area contributed by atoms with Gasteiger partial charge in [-0.1, -0.05) is 408 Å². The fourth-order valence-corrected chi connectivity index (χ4v) is 14.9. The molecule has 0 aromatic heterocycles. The van der Waals surface area contributed by atoms with Crippen LogP contribution in [0.25, 0.3) is 0 Å². The number of aliphatic hydroxyl groups excluding tert-OH is 1. The number of carbonyl (C=O) groups excluding carboxylic acids is 4. The Morgan fingerprint density at radius 1 is 0.267 bits per heavy atom. The van der Waals surface area contributed by atoms with Crippen molar-refractivity contribution in [1.29, 1.82) is 0 Å². The third kappa shape index (κ3) is 77.2. The minimum Gasteiger partial charge on any atom is -0.462 e. The van der Waals surface area contributed by atoms with E-state index in [2.05, 4.69) is 41.5 Å². The van der Waals surface area contributed by atoms with Gasteiger partial charge in [-0.3, -0.25) is 37.3 Å². The van der Waals surface area contributed by atoms with Crippen LogP contribution in [0.2, 0.25) is 0 Å². The minimum atomic E-state index is -4.97. The van der Waals surface area contributed by atoms with Gasteiger partial charge >= 0.3 is 39.5 Å². The maximum Gasteiger partial charge on any atom is 0.472 e. The first kappa shape index (κ1) is 103. The number of hydrogen-bond donors (Lipinski definition) is 3. The summed E-state index contributed by atoms with van der Waals surface area (Å²) in [6.45, 7) is 9.78. The topological polar surface area (TPSA) is 237 Å². The summed E-state index contributed by atoms with van der Waals surface area (Å²) in [6, 6.07) is 0. The van der Waals surface area contributed by atoms with Gasteiger partial charge in [0.25, 0.3) is 0 Å². The minimum absolute atomic E-state index is 0.108. The van der Waals surface area contributed by atoms with E-state index < -0.39 is 97.5 Å². The molecule has 0 saturated carbocycles. The molecule has 0 radical (unpaired) electrons. The zero-order valence-corrected chi connectivity index (χ0v) is 70.8. The van der Waals surface area contributed by atoms with E-state index in [-0.39, 0.29) is 25.7 Å². The maximum atomic E-state index is 13.1. The molecule has 0 rings (SSSR count). The first-order valence-corrected chi connectivity index (χ1v) is 47.6. The third-order valence-corrected chi connectivity index (χ3v) is 22.8. The Hall–Kier alpha value is -1.94. The van der Waals surface area contributed by atoms with Gasteiger partial charge in [0.2, 0.25) is 0 Å². The Morgan fingerprint density at radius 3 is 0.676 bits per heavy atom. The Bertz CT molecular complexity index is 2010. The monoisotopic (exact) mass is 1540 g/mol. The predicted molar refractivity (Wildman–Crippen MR) is 432 cm³/mol. The van der Waals surface area contributed by atoms with Crippen molar-refractivity contribution in [3.63, 3.8) is 0 Å². The molecule has 0 aliphatic rings. The van der Waals surface area contributed by atoms with Crippen LogP contribution < -0.4 is 0 Å². The zero-order chi connectivity index (χ0) is 77.1. The van der Waals surface area contributed by atoms with Gasteiger partial charge in [0.15, 0.2) is 12.2 Å². The molecule has 0 aromatic rings. The molecule has 0 spiro atoms. The Kier molecular flexibility index (Phi) is 76.0. The van der Waals surface area contributed by atoms with E-state index >= 15 is 0 Å². The molecule has 0 fully saturated rings. The lowest BCUT2D eigenvalue weighted by molar-refractivity contribution is -0.161. The fourth-order valence-electron chi connectivity index (χ4n) is 13.4. The standard InChI is InChI=1S/C86H168O17P2/c1-7-11-13-15-17-19-20-39-46-52-58-64-70-85(90)102-81(74-96-83(88)68-62-56-50-42-18-16-14-12-8-2)76-100-104(92,93)98-72-80(87)73-99-105(94,95)101-77-82(103-86(91)71-65-59-53-47-41-36-32-28-24-22-26-30-34-38-44-49-55-61-67-79(6)10-4)75-97-84(89)69-63-57-51-45-40-35-31-27-23-21-25-29-33-37-43-48-54-60-66-78(5)9-3/h78-82,87H,7-77H2,1-6H3,(H,92,93)(H,94,95)/t78?,79?,80-,81+,82+/m0/s1. The summed E-state index contributed by atoms with van der Waals surface area (Å²) in [5.41, 5.74) is 0. The van der Waals surface area contributed by atoms with Crippen LogP contribution in [0, 0.1) is 11.8 Å². The molecule has 0 aliphatic heterocycles. The lowest BCUT2D eigenvalue weighted by Crippen LogP contribution is -2.30. The highest BCUT2D eigenvalue weighted by Gasteiger charge is 2.30. The van der Waals surface area contributed by atoms with Gasteiger partial charge in [-0.25, -0.2) is 9.13 Å². The van der Waals surface area contributed by atoms with E-state index in [0.29, 0.717) is 25.7 Å². The van der Waals surface area contributed by atoms with Crippen LogP contribution in [0.1, 0.15) is 459 Å². The van der Waals surface area contributed by atoms with Crippen LogP contribution in [0.4, 0.5) is 0 Å². The summed E-state index contributed by atoms with van der Waals surface area (Å²) >= 11 is 0. The van der Waals surface area contributed by atoms with Gasteiger partial charge in [-0.15, -0.1) is 0 Å². The molecule has 0 amide bonds. The second-order valence-corrected chi connectivity index (χ2v) is 34.3. The van der Waals surface area contributed by atoms with E-state index in [9.17, 15) is 43.2 Å². The van der Waals surface area contributed by atoms with Crippen LogP contribution in [0.5, 0.6) is 0 Å². The molecule has 4 unspecified atom stereocenters. The molecule has 0 saturated heterocycles. The largest absolute Gasteiger partial charge is 0.472 e. The lowest BCUT2D eigenvalue weighted by atomic mass is 9.99. The molecule has 0 bridgehead atoms. The van der Waals surface area contributed by atoms with Gasteiger partial charge < -0.3 is 33.8 Å². The predicted octanol–water partition coefficient (Wildman–Crippen LogP) is 26.2. The average Bonchev–Trinajstić information content (AvgIpc) is 0.914. The normalized spacial score (nSPS) is 14.3. The van der Waals surface area contributed by atoms with Gasteiger partial charge in [-0.2, -0.15) is 0 Å². The second-order valence-electron chi connectivity index (χ2n) is 31.4. The van der Waals surface area contributed by atoms with Crippen LogP contribution in [0.3, 0.4) is 0 Å². The number of hydrogen-bond acceptors (Lipinski definition) is 15. The van der Waals surface area contributed by atoms with Crippen LogP contribution in [-0.2, 0) is 65.4 Å². The summed E-state index contributed by atoms with van der Waals surface area (Å²) in [4.78, 5) is 73.1. The highest BCUT2D eigenvalue weighted by molar-refractivity contribution is 7.47. The number of phosphoric ester groups is 2. The Balaban J connectivity index is 5.17. The van der Waals surface area contributed by atoms with Gasteiger partial charge in [0.1, 0.15) is 19.3 Å². The fraction of sp³-hybridized carbons (Fsp3) is 0.953. The summed E-state index contributed by atoms with van der Waals surface area (Å²) in [6.07, 6.45) is 69.4. The molecule has 624 valence electrons. The van der Waals surface area contributed by atoms with Crippen molar-refractivity contribution in [2.45, 2.75) is 477 Å². The average molecular weight is 1540 g/mol. The molecule has 7 atom stereocenters. The molecule has 0 heterocycles. The van der Waals surface area contributed by atoms with Crippen molar-refractivity contribution in [2.75, 3.05) is 39.6 Å². The SMILES string of the molecule is CCCCCCCCCCCCCCC(=O)O[C@H](COC(=O)CCCCCCCCCCC)COP(=O)(O)OC[C@H](O)COP(=O)(O)OC[C@@H](COC(=O)CCCCCCCCCCCCCCCCCCCCC(C)CC)OC(=O)CCCCCCCCCCCCCCCCCCCCC(C)CC. The summed E-state index contributed by atoms with van der Waals surface area (Å²) in [7, 11) is -9.92. The number of unbranched alkanes of at least 4 members (excludes halogenated alkanes) is 53. The number of esters is 4. The first-order valence-electron chi connectivity index (χ1n) is 44.6. The van der Waals surface area contributed by atoms with Crippen LogP contribution in [-0.4, -0.2) is 96.7 Å². The Morgan fingerprint density at radius 2 is 0.457 bits per heavy atom. The summed E-state index contributed by atoms with van der Waals surface area (Å²) < 4.78 is 68.8. The molecule has 19 heteroatoms. The van der Waals surface area contributed by atoms with Crippen molar-refractivity contribution in [3.8, 4) is 0 Å². The van der Waals surface area contributed by atoms with Crippen LogP contribution in [0.15, 0.2) is 0 Å². The van der Waals surface area contributed by atoms with E-state index in [1.807, 2.05) is 0 Å². The maximum absolute atomic E-state index is 13.1. The van der Waals surface area contributed by atoms with Gasteiger partial charge in [0, 0.05) is 25.7 Å². The molecule has 3 N–H and O–H groups in total. The summed E-state index contributed by atoms with van der Waals surface area (Å²) in [5.74, 6) is -0.359. The highest BCUT2D eigenvalue weighted by atomic mass is 31.2. The molecule has 0 aromatic carbocycles.